The summed E-state index contributed by atoms with van der Waals surface area (Å²) in [7, 11) is 1.66. The van der Waals surface area contributed by atoms with Crippen molar-refractivity contribution in [2.45, 2.75) is 45.1 Å². The zero-order valence-corrected chi connectivity index (χ0v) is 18.7. The first kappa shape index (κ1) is 22.1. The zero-order valence-electron chi connectivity index (χ0n) is 18.7. The normalized spacial score (nSPS) is 18.8. The fourth-order valence-electron chi connectivity index (χ4n) is 4.35. The van der Waals surface area contributed by atoms with Gasteiger partial charge in [-0.1, -0.05) is 5.16 Å². The van der Waals surface area contributed by atoms with Gasteiger partial charge in [0.1, 0.15) is 12.4 Å². The topological polar surface area (TPSA) is 86.3 Å². The average Bonchev–Trinajstić information content (AvgIpc) is 3.40. The molecular formula is C23H28FN5O3. The third-order valence-corrected chi connectivity index (χ3v) is 6.09. The molecule has 0 aliphatic carbocycles. The lowest BCUT2D eigenvalue weighted by Crippen LogP contribution is -2.50. The standard InChI is InChI=1S/C23H28FN5O3/c1-16-13-17(2)29(26-16)14-20(30)28-11-4-9-23(15-28,10-12-31-3)22-25-21(32-27-22)18-5-7-19(24)8-6-18/h5-8,13H,4,9-12,14-15H2,1-3H3. The molecule has 1 atom stereocenters. The summed E-state index contributed by atoms with van der Waals surface area (Å²) in [6.45, 7) is 5.74. The third kappa shape index (κ3) is 4.57. The number of halogens is 1. The highest BCUT2D eigenvalue weighted by atomic mass is 19.1. The molecule has 9 heteroatoms. The second-order valence-electron chi connectivity index (χ2n) is 8.46. The first-order valence-electron chi connectivity index (χ1n) is 10.8. The van der Waals surface area contributed by atoms with E-state index in [1.165, 1.54) is 12.1 Å². The number of amides is 1. The Morgan fingerprint density at radius 1 is 1.28 bits per heavy atom. The number of hydrogen-bond acceptors (Lipinski definition) is 6. The Kier molecular flexibility index (Phi) is 6.36. The molecule has 0 bridgehead atoms. The molecule has 1 unspecified atom stereocenters. The van der Waals surface area contributed by atoms with Crippen molar-refractivity contribution in [2.75, 3.05) is 26.8 Å². The lowest BCUT2D eigenvalue weighted by Gasteiger charge is -2.41. The van der Waals surface area contributed by atoms with Crippen LogP contribution >= 0.6 is 0 Å². The molecule has 2 aromatic heterocycles. The summed E-state index contributed by atoms with van der Waals surface area (Å²) >= 11 is 0. The molecule has 0 radical (unpaired) electrons. The largest absolute Gasteiger partial charge is 0.385 e. The Hall–Kier alpha value is -3.07. The molecule has 1 aromatic carbocycles. The Morgan fingerprint density at radius 3 is 2.75 bits per heavy atom. The molecule has 1 saturated heterocycles. The summed E-state index contributed by atoms with van der Waals surface area (Å²) < 4.78 is 25.9. The van der Waals surface area contributed by atoms with Gasteiger partial charge in [-0.2, -0.15) is 10.1 Å². The van der Waals surface area contributed by atoms with E-state index in [1.807, 2.05) is 24.8 Å². The van der Waals surface area contributed by atoms with E-state index >= 15 is 0 Å². The number of aromatic nitrogens is 4. The van der Waals surface area contributed by atoms with Crippen molar-refractivity contribution < 1.29 is 18.4 Å². The van der Waals surface area contributed by atoms with E-state index in [-0.39, 0.29) is 18.3 Å². The van der Waals surface area contributed by atoms with Crippen LogP contribution in [-0.4, -0.2) is 57.5 Å². The SMILES string of the molecule is COCCC1(c2noc(-c3ccc(F)cc3)n2)CCCN(C(=O)Cn2nc(C)cc2C)C1. The number of rotatable bonds is 7. The van der Waals surface area contributed by atoms with Gasteiger partial charge in [0, 0.05) is 38.1 Å². The number of hydrogen-bond donors (Lipinski definition) is 0. The summed E-state index contributed by atoms with van der Waals surface area (Å²) in [4.78, 5) is 19.6. The molecule has 170 valence electrons. The highest BCUT2D eigenvalue weighted by molar-refractivity contribution is 5.76. The number of nitrogens with zero attached hydrogens (tertiary/aromatic N) is 5. The zero-order chi connectivity index (χ0) is 22.7. The van der Waals surface area contributed by atoms with Gasteiger partial charge in [-0.15, -0.1) is 0 Å². The Balaban J connectivity index is 1.57. The molecule has 0 N–H and O–H groups in total. The minimum absolute atomic E-state index is 0.0138. The fraction of sp³-hybridized carbons (Fsp3) is 0.478. The quantitative estimate of drug-likeness (QED) is 0.559. The monoisotopic (exact) mass is 441 g/mol. The third-order valence-electron chi connectivity index (χ3n) is 6.09. The van der Waals surface area contributed by atoms with Crippen molar-refractivity contribution in [3.63, 3.8) is 0 Å². The fourth-order valence-corrected chi connectivity index (χ4v) is 4.35. The maximum atomic E-state index is 13.3. The second-order valence-corrected chi connectivity index (χ2v) is 8.46. The van der Waals surface area contributed by atoms with Gasteiger partial charge in [0.15, 0.2) is 5.82 Å². The number of carbonyl (C=O) groups excluding carboxylic acids is 1. The van der Waals surface area contributed by atoms with Crippen LogP contribution in [-0.2, 0) is 21.5 Å². The van der Waals surface area contributed by atoms with E-state index in [9.17, 15) is 9.18 Å². The molecule has 0 spiro atoms. The van der Waals surface area contributed by atoms with Gasteiger partial charge in [0.2, 0.25) is 5.91 Å². The van der Waals surface area contributed by atoms with Crippen LogP contribution in [0.4, 0.5) is 4.39 Å². The molecule has 0 saturated carbocycles. The lowest BCUT2D eigenvalue weighted by molar-refractivity contribution is -0.134. The van der Waals surface area contributed by atoms with Crippen LogP contribution in [0.3, 0.4) is 0 Å². The number of likely N-dealkylation sites (tertiary alicyclic amines) is 1. The van der Waals surface area contributed by atoms with Gasteiger partial charge in [0.05, 0.1) is 11.1 Å². The van der Waals surface area contributed by atoms with E-state index in [1.54, 1.807) is 23.9 Å². The van der Waals surface area contributed by atoms with Crippen LogP contribution in [0.25, 0.3) is 11.5 Å². The van der Waals surface area contributed by atoms with Crippen molar-refractivity contribution in [3.8, 4) is 11.5 Å². The van der Waals surface area contributed by atoms with E-state index in [4.69, 9.17) is 9.26 Å². The van der Waals surface area contributed by atoms with Gasteiger partial charge < -0.3 is 14.2 Å². The minimum atomic E-state index is -0.471. The molecule has 3 heterocycles. The molecule has 1 aliphatic rings. The Bertz CT molecular complexity index is 1080. The van der Waals surface area contributed by atoms with E-state index < -0.39 is 5.41 Å². The van der Waals surface area contributed by atoms with Crippen molar-refractivity contribution in [3.05, 3.63) is 53.4 Å². The molecular weight excluding hydrogens is 413 g/mol. The summed E-state index contributed by atoms with van der Waals surface area (Å²) in [6.07, 6.45) is 2.31. The summed E-state index contributed by atoms with van der Waals surface area (Å²) in [5, 5.41) is 8.68. The van der Waals surface area contributed by atoms with Gasteiger partial charge in [-0.3, -0.25) is 9.48 Å². The van der Waals surface area contributed by atoms with Crippen molar-refractivity contribution in [1.82, 2.24) is 24.8 Å². The molecule has 4 rings (SSSR count). The predicted octanol–water partition coefficient (Wildman–Crippen LogP) is 3.29. The number of ether oxygens (including phenoxy) is 1. The van der Waals surface area contributed by atoms with E-state index in [0.717, 1.165) is 24.2 Å². The van der Waals surface area contributed by atoms with Crippen LogP contribution in [0.2, 0.25) is 0 Å². The molecule has 8 nitrogen and oxygen atoms in total. The second kappa shape index (κ2) is 9.20. The first-order valence-corrected chi connectivity index (χ1v) is 10.8. The van der Waals surface area contributed by atoms with Gasteiger partial charge >= 0.3 is 0 Å². The molecule has 3 aromatic rings. The number of aryl methyl sites for hydroxylation is 2. The highest BCUT2D eigenvalue weighted by Gasteiger charge is 2.42. The van der Waals surface area contributed by atoms with Gasteiger partial charge in [-0.05, 0) is 63.4 Å². The summed E-state index contributed by atoms with van der Waals surface area (Å²) in [6, 6.07) is 7.90. The number of piperidine rings is 1. The van der Waals surface area contributed by atoms with Crippen LogP contribution in [0, 0.1) is 19.7 Å². The van der Waals surface area contributed by atoms with Crippen LogP contribution in [0.15, 0.2) is 34.9 Å². The summed E-state index contributed by atoms with van der Waals surface area (Å²) in [5.74, 6) is 0.578. The Labute approximate surface area is 186 Å². The van der Waals surface area contributed by atoms with Gasteiger partial charge in [0.25, 0.3) is 5.89 Å². The molecule has 1 fully saturated rings. The van der Waals surface area contributed by atoms with E-state index in [0.29, 0.717) is 43.4 Å². The predicted molar refractivity (Wildman–Crippen MR) is 115 cm³/mol. The van der Waals surface area contributed by atoms with Crippen molar-refractivity contribution in [1.29, 1.82) is 0 Å². The van der Waals surface area contributed by atoms with Gasteiger partial charge in [-0.25, -0.2) is 4.39 Å². The Morgan fingerprint density at radius 2 is 2.06 bits per heavy atom. The molecule has 1 amide bonds. The van der Waals surface area contributed by atoms with E-state index in [2.05, 4.69) is 15.2 Å². The van der Waals surface area contributed by atoms with Crippen molar-refractivity contribution >= 4 is 5.91 Å². The number of methoxy groups -OCH3 is 1. The van der Waals surface area contributed by atoms with Crippen LogP contribution in [0.5, 0.6) is 0 Å². The van der Waals surface area contributed by atoms with Crippen LogP contribution in [0.1, 0.15) is 36.5 Å². The molecule has 32 heavy (non-hydrogen) atoms. The maximum Gasteiger partial charge on any atom is 0.257 e. The molecule has 1 aliphatic heterocycles. The summed E-state index contributed by atoms with van der Waals surface area (Å²) in [5.41, 5.74) is 2.03. The minimum Gasteiger partial charge on any atom is -0.385 e. The van der Waals surface area contributed by atoms with Crippen LogP contribution < -0.4 is 0 Å². The lowest BCUT2D eigenvalue weighted by atomic mass is 9.76. The first-order chi connectivity index (χ1) is 15.4. The number of benzene rings is 1. The average molecular weight is 442 g/mol. The maximum absolute atomic E-state index is 13.3. The van der Waals surface area contributed by atoms with Crippen molar-refractivity contribution in [2.24, 2.45) is 0 Å². The smallest absolute Gasteiger partial charge is 0.257 e. The number of carbonyl (C=O) groups is 1. The highest BCUT2D eigenvalue weighted by Crippen LogP contribution is 2.37.